The summed E-state index contributed by atoms with van der Waals surface area (Å²) in [6.07, 6.45) is 0. The second kappa shape index (κ2) is 3.67. The molecule has 1 aromatic heterocycles. The van der Waals surface area contributed by atoms with E-state index in [0.717, 1.165) is 21.4 Å². The maximum atomic E-state index is 4.33. The zero-order valence-electron chi connectivity index (χ0n) is 7.80. The normalized spacial score (nSPS) is 11.8. The van der Waals surface area contributed by atoms with E-state index in [1.54, 1.807) is 18.4 Å². The molecule has 0 fully saturated rings. The smallest absolute Gasteiger partial charge is 0.139 e. The Labute approximate surface area is 76.6 Å². The first kappa shape index (κ1) is 9.19. The minimum absolute atomic E-state index is 0.915. The second-order valence-electron chi connectivity index (χ2n) is 2.47. The molecule has 0 saturated heterocycles. The van der Waals surface area contributed by atoms with Crippen molar-refractivity contribution in [3.05, 3.63) is 15.6 Å². The van der Waals surface area contributed by atoms with Crippen molar-refractivity contribution >= 4 is 17.2 Å². The zero-order valence-corrected chi connectivity index (χ0v) is 8.62. The molecule has 1 heterocycles. The van der Waals surface area contributed by atoms with Crippen LogP contribution in [0.25, 0.3) is 0 Å². The van der Waals surface area contributed by atoms with Crippen molar-refractivity contribution in [3.63, 3.8) is 0 Å². The summed E-state index contributed by atoms with van der Waals surface area (Å²) >= 11 is 1.67. The van der Waals surface area contributed by atoms with E-state index in [0.29, 0.717) is 0 Å². The number of nitrogens with zero attached hydrogens (tertiary/aromatic N) is 2. The van der Waals surface area contributed by atoms with Crippen LogP contribution < -0.4 is 5.32 Å². The first-order chi connectivity index (χ1) is 5.69. The lowest BCUT2D eigenvalue weighted by Gasteiger charge is -2.00. The summed E-state index contributed by atoms with van der Waals surface area (Å²) in [6, 6.07) is 0. The van der Waals surface area contributed by atoms with Gasteiger partial charge in [0.15, 0.2) is 0 Å². The number of aryl methyl sites for hydroxylation is 2. The van der Waals surface area contributed by atoms with Crippen LogP contribution >= 0.6 is 11.3 Å². The van der Waals surface area contributed by atoms with E-state index in [-0.39, 0.29) is 0 Å². The summed E-state index contributed by atoms with van der Waals surface area (Å²) in [4.78, 5) is 9.59. The molecule has 0 unspecified atom stereocenters. The fraction of sp³-hybridized carbons (Fsp3) is 0.500. The topological polar surface area (TPSA) is 37.3 Å². The minimum Gasteiger partial charge on any atom is -0.372 e. The van der Waals surface area contributed by atoms with Crippen LogP contribution in [0.5, 0.6) is 0 Å². The third kappa shape index (κ3) is 1.64. The summed E-state index contributed by atoms with van der Waals surface area (Å²) in [7, 11) is 3.65. The van der Waals surface area contributed by atoms with Crippen molar-refractivity contribution in [2.24, 2.45) is 4.99 Å². The number of nitrogens with one attached hydrogen (secondary N) is 1. The van der Waals surface area contributed by atoms with Crippen LogP contribution in [0.2, 0.25) is 0 Å². The molecule has 0 atom stereocenters. The van der Waals surface area contributed by atoms with Crippen LogP contribution in [0.15, 0.2) is 4.99 Å². The predicted molar refractivity (Wildman–Crippen MR) is 53.1 cm³/mol. The Morgan fingerprint density at radius 3 is 2.50 bits per heavy atom. The van der Waals surface area contributed by atoms with E-state index < -0.39 is 0 Å². The molecule has 1 aromatic rings. The van der Waals surface area contributed by atoms with Crippen molar-refractivity contribution in [1.29, 1.82) is 0 Å². The molecule has 0 aliphatic carbocycles. The zero-order chi connectivity index (χ0) is 9.14. The molecular weight excluding hydrogens is 170 g/mol. The standard InChI is InChI=1S/C8H13N3S/c1-5-7(8(9-3)10-4)12-6(2)11-5/h1-4H3,(H,9,10). The fourth-order valence-corrected chi connectivity index (χ4v) is 2.04. The van der Waals surface area contributed by atoms with Gasteiger partial charge in [-0.15, -0.1) is 11.3 Å². The first-order valence-corrected chi connectivity index (χ1v) is 4.59. The largest absolute Gasteiger partial charge is 0.372 e. The van der Waals surface area contributed by atoms with Crippen LogP contribution in [0.4, 0.5) is 0 Å². The molecule has 0 aliphatic rings. The van der Waals surface area contributed by atoms with Gasteiger partial charge in [-0.1, -0.05) is 0 Å². The molecule has 0 aromatic carbocycles. The molecule has 0 radical (unpaired) electrons. The Kier molecular flexibility index (Phi) is 2.81. The van der Waals surface area contributed by atoms with Gasteiger partial charge in [-0.25, -0.2) is 4.98 Å². The number of aromatic nitrogens is 1. The maximum Gasteiger partial charge on any atom is 0.139 e. The summed E-state index contributed by atoms with van der Waals surface area (Å²) in [5.41, 5.74) is 1.05. The molecule has 0 bridgehead atoms. The van der Waals surface area contributed by atoms with Crippen LogP contribution in [-0.2, 0) is 0 Å². The van der Waals surface area contributed by atoms with Gasteiger partial charge >= 0.3 is 0 Å². The average molecular weight is 183 g/mol. The van der Waals surface area contributed by atoms with Gasteiger partial charge < -0.3 is 5.32 Å². The fourth-order valence-electron chi connectivity index (χ4n) is 1.08. The van der Waals surface area contributed by atoms with Crippen molar-refractivity contribution in [1.82, 2.24) is 10.3 Å². The lowest BCUT2D eigenvalue weighted by molar-refractivity contribution is 1.13. The quantitative estimate of drug-likeness (QED) is 0.527. The molecule has 0 saturated carbocycles. The van der Waals surface area contributed by atoms with Gasteiger partial charge in [0.25, 0.3) is 0 Å². The summed E-state index contributed by atoms with van der Waals surface area (Å²) in [6.45, 7) is 4.01. The van der Waals surface area contributed by atoms with Gasteiger partial charge in [0, 0.05) is 14.1 Å². The van der Waals surface area contributed by atoms with Gasteiger partial charge in [-0.05, 0) is 13.8 Å². The van der Waals surface area contributed by atoms with E-state index in [4.69, 9.17) is 0 Å². The molecule has 66 valence electrons. The molecule has 0 amide bonds. The highest BCUT2D eigenvalue weighted by Gasteiger charge is 2.08. The Morgan fingerprint density at radius 2 is 2.17 bits per heavy atom. The monoisotopic (exact) mass is 183 g/mol. The van der Waals surface area contributed by atoms with Crippen LogP contribution in [-0.4, -0.2) is 24.9 Å². The highest BCUT2D eigenvalue weighted by molar-refractivity contribution is 7.13. The Bertz CT molecular complexity index is 301. The van der Waals surface area contributed by atoms with Gasteiger partial charge in [-0.3, -0.25) is 4.99 Å². The minimum atomic E-state index is 0.915. The SMILES string of the molecule is CN=C(NC)c1sc(C)nc1C. The lowest BCUT2D eigenvalue weighted by atomic mass is 10.3. The first-order valence-electron chi connectivity index (χ1n) is 3.78. The number of aliphatic imine (C=N–C) groups is 1. The third-order valence-electron chi connectivity index (χ3n) is 1.58. The van der Waals surface area contributed by atoms with Gasteiger partial charge in [0.1, 0.15) is 5.84 Å². The maximum absolute atomic E-state index is 4.33. The van der Waals surface area contributed by atoms with Crippen LogP contribution in [0.3, 0.4) is 0 Å². The molecule has 1 N–H and O–H groups in total. The van der Waals surface area contributed by atoms with Crippen molar-refractivity contribution in [2.75, 3.05) is 14.1 Å². The predicted octanol–water partition coefficient (Wildman–Crippen LogP) is 1.36. The van der Waals surface area contributed by atoms with Crippen LogP contribution in [0.1, 0.15) is 15.6 Å². The molecule has 0 spiro atoms. The lowest BCUT2D eigenvalue weighted by Crippen LogP contribution is -2.18. The Hall–Kier alpha value is -0.900. The number of rotatable bonds is 1. The van der Waals surface area contributed by atoms with Crippen molar-refractivity contribution in [2.45, 2.75) is 13.8 Å². The molecule has 4 heteroatoms. The van der Waals surface area contributed by atoms with E-state index >= 15 is 0 Å². The van der Waals surface area contributed by atoms with Gasteiger partial charge in [0.2, 0.25) is 0 Å². The molecule has 0 aliphatic heterocycles. The number of amidine groups is 1. The van der Waals surface area contributed by atoms with E-state index in [1.807, 2.05) is 20.9 Å². The number of hydrogen-bond donors (Lipinski definition) is 1. The summed E-state index contributed by atoms with van der Waals surface area (Å²) < 4.78 is 0. The highest BCUT2D eigenvalue weighted by Crippen LogP contribution is 2.16. The summed E-state index contributed by atoms with van der Waals surface area (Å²) in [5, 5.41) is 4.12. The molecule has 1 rings (SSSR count). The van der Waals surface area contributed by atoms with E-state index in [1.165, 1.54) is 0 Å². The van der Waals surface area contributed by atoms with E-state index in [2.05, 4.69) is 15.3 Å². The summed E-state index contributed by atoms with van der Waals surface area (Å²) in [5.74, 6) is 0.915. The third-order valence-corrected chi connectivity index (χ3v) is 2.66. The Morgan fingerprint density at radius 1 is 1.50 bits per heavy atom. The number of hydrogen-bond acceptors (Lipinski definition) is 3. The average Bonchev–Trinajstić information content (AvgIpc) is 2.34. The molecular formula is C8H13N3S. The van der Waals surface area contributed by atoms with Crippen molar-refractivity contribution in [3.8, 4) is 0 Å². The van der Waals surface area contributed by atoms with Gasteiger partial charge in [0.05, 0.1) is 15.6 Å². The number of thiazole rings is 1. The van der Waals surface area contributed by atoms with Crippen LogP contribution in [0, 0.1) is 13.8 Å². The van der Waals surface area contributed by atoms with E-state index in [9.17, 15) is 0 Å². The van der Waals surface area contributed by atoms with Crippen molar-refractivity contribution < 1.29 is 0 Å². The molecule has 12 heavy (non-hydrogen) atoms. The Balaban J connectivity index is 3.09. The van der Waals surface area contributed by atoms with Gasteiger partial charge in [-0.2, -0.15) is 0 Å². The second-order valence-corrected chi connectivity index (χ2v) is 3.67. The molecule has 3 nitrogen and oxygen atoms in total. The highest BCUT2D eigenvalue weighted by atomic mass is 32.1.